The van der Waals surface area contributed by atoms with Gasteiger partial charge in [0.1, 0.15) is 6.33 Å². The van der Waals surface area contributed by atoms with Crippen LogP contribution in [0.1, 0.15) is 29.7 Å². The van der Waals surface area contributed by atoms with Gasteiger partial charge in [-0.3, -0.25) is 9.36 Å². The van der Waals surface area contributed by atoms with Gasteiger partial charge in [0.05, 0.1) is 11.9 Å². The third-order valence-electron chi connectivity index (χ3n) is 4.33. The molecule has 1 aromatic carbocycles. The third-order valence-corrected chi connectivity index (χ3v) is 4.57. The van der Waals surface area contributed by atoms with E-state index in [4.69, 9.17) is 11.6 Å². The Morgan fingerprint density at radius 1 is 1.17 bits per heavy atom. The zero-order valence-corrected chi connectivity index (χ0v) is 13.4. The Kier molecular flexibility index (Phi) is 3.62. The first-order valence-corrected chi connectivity index (χ1v) is 8.21. The van der Waals surface area contributed by atoms with Gasteiger partial charge in [0, 0.05) is 10.7 Å². The molecule has 4 rings (SSSR count). The highest BCUT2D eigenvalue weighted by molar-refractivity contribution is 6.30. The van der Waals surface area contributed by atoms with Crippen molar-refractivity contribution in [3.63, 3.8) is 0 Å². The number of aryl methyl sites for hydroxylation is 2. The molecule has 0 unspecified atom stereocenters. The summed E-state index contributed by atoms with van der Waals surface area (Å²) >= 11 is 6.01. The second kappa shape index (κ2) is 5.78. The summed E-state index contributed by atoms with van der Waals surface area (Å²) in [6.07, 6.45) is 5.89. The van der Waals surface area contributed by atoms with Gasteiger partial charge in [-0.2, -0.15) is 0 Å². The second-order valence-corrected chi connectivity index (χ2v) is 6.42. The number of aromatic nitrogens is 3. The smallest absolute Gasteiger partial charge is 0.263 e. The molecule has 2 heterocycles. The molecule has 4 nitrogen and oxygen atoms in total. The van der Waals surface area contributed by atoms with E-state index in [2.05, 4.69) is 9.97 Å². The van der Waals surface area contributed by atoms with Gasteiger partial charge in [-0.05, 0) is 55.0 Å². The maximum absolute atomic E-state index is 12.8. The van der Waals surface area contributed by atoms with Crippen LogP contribution in [0.2, 0.25) is 5.02 Å². The van der Waals surface area contributed by atoms with Crippen molar-refractivity contribution in [1.82, 2.24) is 14.5 Å². The van der Waals surface area contributed by atoms with Gasteiger partial charge in [0.25, 0.3) is 5.56 Å². The lowest BCUT2D eigenvalue weighted by molar-refractivity contribution is 0.669. The Labute approximate surface area is 138 Å². The maximum Gasteiger partial charge on any atom is 0.263 e. The summed E-state index contributed by atoms with van der Waals surface area (Å²) in [5, 5.41) is 1.27. The van der Waals surface area contributed by atoms with Gasteiger partial charge >= 0.3 is 0 Å². The molecule has 1 aliphatic carbocycles. The second-order valence-electron chi connectivity index (χ2n) is 5.98. The summed E-state index contributed by atoms with van der Waals surface area (Å²) < 4.78 is 1.62. The molecular weight excluding hydrogens is 310 g/mol. The first-order valence-electron chi connectivity index (χ1n) is 7.83. The number of rotatable bonds is 2. The molecule has 0 atom stereocenters. The molecule has 5 heteroatoms. The first kappa shape index (κ1) is 14.4. The van der Waals surface area contributed by atoms with E-state index in [1.165, 1.54) is 5.56 Å². The minimum Gasteiger partial charge on any atom is -0.294 e. The Balaban J connectivity index is 1.79. The van der Waals surface area contributed by atoms with E-state index in [-0.39, 0.29) is 5.56 Å². The standard InChI is InChI=1S/C18H16ClN3O/c19-14-6-3-4-12(8-14)10-22-11-20-17-15(18(22)23)9-13-5-1-2-7-16(13)21-17/h3-4,6,8-9,11H,1-2,5,7,10H2. The Morgan fingerprint density at radius 3 is 2.91 bits per heavy atom. The van der Waals surface area contributed by atoms with Crippen LogP contribution < -0.4 is 5.56 Å². The quantitative estimate of drug-likeness (QED) is 0.725. The van der Waals surface area contributed by atoms with Gasteiger partial charge in [-0.25, -0.2) is 9.97 Å². The van der Waals surface area contributed by atoms with Crippen molar-refractivity contribution in [2.75, 3.05) is 0 Å². The lowest BCUT2D eigenvalue weighted by atomic mass is 9.95. The number of pyridine rings is 1. The van der Waals surface area contributed by atoms with Gasteiger partial charge < -0.3 is 0 Å². The predicted octanol–water partition coefficient (Wildman–Crippen LogP) is 3.37. The van der Waals surface area contributed by atoms with Crippen molar-refractivity contribution in [3.05, 3.63) is 68.9 Å². The molecule has 0 radical (unpaired) electrons. The fraction of sp³-hybridized carbons (Fsp3) is 0.278. The molecule has 2 aromatic heterocycles. The molecule has 0 aliphatic heterocycles. The van der Waals surface area contributed by atoms with Crippen molar-refractivity contribution < 1.29 is 0 Å². The number of fused-ring (bicyclic) bond motifs is 2. The average Bonchev–Trinajstić information content (AvgIpc) is 2.56. The summed E-state index contributed by atoms with van der Waals surface area (Å²) in [4.78, 5) is 21.7. The highest BCUT2D eigenvalue weighted by Crippen LogP contribution is 2.21. The van der Waals surface area contributed by atoms with E-state index < -0.39 is 0 Å². The van der Waals surface area contributed by atoms with Gasteiger partial charge in [-0.15, -0.1) is 0 Å². The van der Waals surface area contributed by atoms with Crippen LogP contribution in [-0.4, -0.2) is 14.5 Å². The monoisotopic (exact) mass is 325 g/mol. The third kappa shape index (κ3) is 2.75. The van der Waals surface area contributed by atoms with Crippen LogP contribution >= 0.6 is 11.6 Å². The zero-order valence-electron chi connectivity index (χ0n) is 12.6. The number of hydrogen-bond acceptors (Lipinski definition) is 3. The van der Waals surface area contributed by atoms with Crippen LogP contribution in [0.3, 0.4) is 0 Å². The molecule has 0 bridgehead atoms. The normalized spacial score (nSPS) is 14.0. The Bertz CT molecular complexity index is 949. The van der Waals surface area contributed by atoms with Crippen molar-refractivity contribution in [3.8, 4) is 0 Å². The number of nitrogens with zero attached hydrogens (tertiary/aromatic N) is 3. The highest BCUT2D eigenvalue weighted by Gasteiger charge is 2.14. The summed E-state index contributed by atoms with van der Waals surface area (Å²) in [5.74, 6) is 0. The summed E-state index contributed by atoms with van der Waals surface area (Å²) in [5.41, 5.74) is 3.78. The zero-order chi connectivity index (χ0) is 15.8. The van der Waals surface area contributed by atoms with Crippen molar-refractivity contribution in [1.29, 1.82) is 0 Å². The molecule has 3 aromatic rings. The summed E-state index contributed by atoms with van der Waals surface area (Å²) in [6.45, 7) is 0.458. The maximum atomic E-state index is 12.8. The van der Waals surface area contributed by atoms with Crippen LogP contribution in [0.5, 0.6) is 0 Å². The molecule has 0 fully saturated rings. The van der Waals surface area contributed by atoms with Crippen LogP contribution in [0.25, 0.3) is 11.0 Å². The molecule has 0 saturated heterocycles. The highest BCUT2D eigenvalue weighted by atomic mass is 35.5. The van der Waals surface area contributed by atoms with Gasteiger partial charge in [-0.1, -0.05) is 23.7 Å². The minimum absolute atomic E-state index is 0.0455. The lowest BCUT2D eigenvalue weighted by Crippen LogP contribution is -2.22. The topological polar surface area (TPSA) is 47.8 Å². The number of hydrogen-bond donors (Lipinski definition) is 0. The molecule has 0 amide bonds. The lowest BCUT2D eigenvalue weighted by Gasteiger charge is -2.15. The van der Waals surface area contributed by atoms with E-state index in [0.29, 0.717) is 22.6 Å². The largest absolute Gasteiger partial charge is 0.294 e. The molecule has 0 N–H and O–H groups in total. The van der Waals surface area contributed by atoms with E-state index >= 15 is 0 Å². The summed E-state index contributed by atoms with van der Waals surface area (Å²) in [7, 11) is 0. The molecule has 116 valence electrons. The number of benzene rings is 1. The summed E-state index contributed by atoms with van der Waals surface area (Å²) in [6, 6.07) is 9.51. The first-order chi connectivity index (χ1) is 11.2. The van der Waals surface area contributed by atoms with Crippen LogP contribution in [0.15, 0.2) is 41.5 Å². The Morgan fingerprint density at radius 2 is 2.04 bits per heavy atom. The molecule has 23 heavy (non-hydrogen) atoms. The minimum atomic E-state index is -0.0455. The van der Waals surface area contributed by atoms with Crippen molar-refractivity contribution in [2.24, 2.45) is 0 Å². The fourth-order valence-electron chi connectivity index (χ4n) is 3.15. The molecule has 0 saturated carbocycles. The SMILES string of the molecule is O=c1c2cc3c(nc2ncn1Cc1cccc(Cl)c1)CCCC3. The van der Waals surface area contributed by atoms with Crippen LogP contribution in [0, 0.1) is 0 Å². The predicted molar refractivity (Wildman–Crippen MR) is 91.0 cm³/mol. The van der Waals surface area contributed by atoms with Crippen molar-refractivity contribution >= 4 is 22.6 Å². The Hall–Kier alpha value is -2.20. The molecular formula is C18H16ClN3O. The van der Waals surface area contributed by atoms with Crippen LogP contribution in [-0.2, 0) is 19.4 Å². The van der Waals surface area contributed by atoms with E-state index in [1.54, 1.807) is 10.9 Å². The molecule has 1 aliphatic rings. The van der Waals surface area contributed by atoms with E-state index in [9.17, 15) is 4.79 Å². The van der Waals surface area contributed by atoms with Gasteiger partial charge in [0.15, 0.2) is 5.65 Å². The van der Waals surface area contributed by atoms with Gasteiger partial charge in [0.2, 0.25) is 0 Å². The van der Waals surface area contributed by atoms with Crippen LogP contribution in [0.4, 0.5) is 0 Å². The fourth-order valence-corrected chi connectivity index (χ4v) is 3.37. The van der Waals surface area contributed by atoms with E-state index in [0.717, 1.165) is 36.9 Å². The molecule has 0 spiro atoms. The number of halogens is 1. The average molecular weight is 326 g/mol. The van der Waals surface area contributed by atoms with Crippen molar-refractivity contribution in [2.45, 2.75) is 32.2 Å². The van der Waals surface area contributed by atoms with E-state index in [1.807, 2.05) is 30.3 Å².